The van der Waals surface area contributed by atoms with E-state index < -0.39 is 10.0 Å². The first kappa shape index (κ1) is 14.5. The molecule has 0 aliphatic rings. The summed E-state index contributed by atoms with van der Waals surface area (Å²) >= 11 is 0. The quantitative estimate of drug-likeness (QED) is 0.739. The Hall–Kier alpha value is -1.93. The standard InChI is InChI=1S/C12H17N5O2S/c1-3-13-12-5-4-11(8-14-12)20(18,19)16-7-10-6-15-17-9(10)2/h4-6,8,16H,3,7H2,1-2H3,(H,13,14)(H,15,17). The van der Waals surface area contributed by atoms with Crippen molar-refractivity contribution in [2.75, 3.05) is 11.9 Å². The zero-order chi connectivity index (χ0) is 14.6. The Kier molecular flexibility index (Phi) is 4.35. The van der Waals surface area contributed by atoms with E-state index in [2.05, 4.69) is 25.2 Å². The average molecular weight is 295 g/mol. The number of pyridine rings is 1. The fourth-order valence-corrected chi connectivity index (χ4v) is 2.59. The number of anilines is 1. The highest BCUT2D eigenvalue weighted by Gasteiger charge is 2.15. The van der Waals surface area contributed by atoms with Crippen LogP contribution in [-0.2, 0) is 16.6 Å². The Morgan fingerprint density at radius 2 is 2.10 bits per heavy atom. The van der Waals surface area contributed by atoms with Crippen LogP contribution in [0, 0.1) is 6.92 Å². The Morgan fingerprint density at radius 1 is 1.30 bits per heavy atom. The van der Waals surface area contributed by atoms with Crippen LogP contribution in [0.5, 0.6) is 0 Å². The minimum absolute atomic E-state index is 0.139. The van der Waals surface area contributed by atoms with Crippen molar-refractivity contribution in [2.45, 2.75) is 25.3 Å². The normalized spacial score (nSPS) is 11.5. The van der Waals surface area contributed by atoms with Crippen LogP contribution in [0.4, 0.5) is 5.82 Å². The summed E-state index contributed by atoms with van der Waals surface area (Å²) in [6, 6.07) is 3.16. The van der Waals surface area contributed by atoms with Gasteiger partial charge in [-0.15, -0.1) is 0 Å². The molecule has 0 radical (unpaired) electrons. The summed E-state index contributed by atoms with van der Waals surface area (Å²) in [7, 11) is -3.57. The van der Waals surface area contributed by atoms with Crippen molar-refractivity contribution in [3.05, 3.63) is 35.8 Å². The van der Waals surface area contributed by atoms with E-state index in [0.717, 1.165) is 17.8 Å². The molecule has 3 N–H and O–H groups in total. The van der Waals surface area contributed by atoms with Crippen LogP contribution < -0.4 is 10.0 Å². The molecular weight excluding hydrogens is 278 g/mol. The lowest BCUT2D eigenvalue weighted by atomic mass is 10.3. The van der Waals surface area contributed by atoms with Gasteiger partial charge in [0.1, 0.15) is 10.7 Å². The summed E-state index contributed by atoms with van der Waals surface area (Å²) in [5, 5.41) is 9.62. The third kappa shape index (κ3) is 3.34. The number of aromatic nitrogens is 3. The van der Waals surface area contributed by atoms with Gasteiger partial charge in [0.05, 0.1) is 6.20 Å². The summed E-state index contributed by atoms with van der Waals surface area (Å²) in [6.45, 7) is 4.71. The second-order valence-corrected chi connectivity index (χ2v) is 6.02. The largest absolute Gasteiger partial charge is 0.370 e. The molecule has 2 heterocycles. The SMILES string of the molecule is CCNc1ccc(S(=O)(=O)NCc2cn[nH]c2C)cn1. The van der Waals surface area contributed by atoms with Crippen molar-refractivity contribution in [1.82, 2.24) is 19.9 Å². The molecule has 7 nitrogen and oxygen atoms in total. The fourth-order valence-electron chi connectivity index (χ4n) is 1.63. The van der Waals surface area contributed by atoms with Crippen molar-refractivity contribution in [3.63, 3.8) is 0 Å². The highest BCUT2D eigenvalue weighted by molar-refractivity contribution is 7.89. The van der Waals surface area contributed by atoms with Crippen LogP contribution in [0.3, 0.4) is 0 Å². The molecule has 0 aliphatic heterocycles. The molecule has 2 aromatic heterocycles. The number of hydrogen-bond acceptors (Lipinski definition) is 5. The van der Waals surface area contributed by atoms with E-state index in [4.69, 9.17) is 0 Å². The molecule has 0 spiro atoms. The molecule has 0 aliphatic carbocycles. The molecule has 0 unspecified atom stereocenters. The molecule has 0 saturated carbocycles. The molecule has 0 amide bonds. The van der Waals surface area contributed by atoms with Crippen molar-refractivity contribution >= 4 is 15.8 Å². The van der Waals surface area contributed by atoms with Gasteiger partial charge in [0.15, 0.2) is 0 Å². The second-order valence-electron chi connectivity index (χ2n) is 4.25. The van der Waals surface area contributed by atoms with Crippen LogP contribution in [0.1, 0.15) is 18.2 Å². The van der Waals surface area contributed by atoms with Gasteiger partial charge in [-0.05, 0) is 26.0 Å². The van der Waals surface area contributed by atoms with Gasteiger partial charge < -0.3 is 5.32 Å². The lowest BCUT2D eigenvalue weighted by molar-refractivity contribution is 0.581. The third-order valence-corrected chi connectivity index (χ3v) is 4.18. The topological polar surface area (TPSA) is 99.8 Å². The predicted molar refractivity (Wildman–Crippen MR) is 75.8 cm³/mol. The smallest absolute Gasteiger partial charge is 0.242 e. The lowest BCUT2D eigenvalue weighted by Crippen LogP contribution is -2.23. The highest BCUT2D eigenvalue weighted by atomic mass is 32.2. The summed E-state index contributed by atoms with van der Waals surface area (Å²) in [4.78, 5) is 4.19. The lowest BCUT2D eigenvalue weighted by Gasteiger charge is -2.07. The van der Waals surface area contributed by atoms with E-state index in [9.17, 15) is 8.42 Å². The van der Waals surface area contributed by atoms with Crippen LogP contribution in [0.15, 0.2) is 29.4 Å². The maximum absolute atomic E-state index is 12.1. The Labute approximate surface area is 117 Å². The van der Waals surface area contributed by atoms with E-state index in [0.29, 0.717) is 5.82 Å². The number of nitrogens with zero attached hydrogens (tertiary/aromatic N) is 2. The van der Waals surface area contributed by atoms with E-state index in [1.54, 1.807) is 12.3 Å². The fraction of sp³-hybridized carbons (Fsp3) is 0.333. The molecule has 2 rings (SSSR count). The molecule has 0 atom stereocenters. The summed E-state index contributed by atoms with van der Waals surface area (Å²) in [6.07, 6.45) is 2.94. The van der Waals surface area contributed by atoms with Crippen molar-refractivity contribution < 1.29 is 8.42 Å². The predicted octanol–water partition coefficient (Wildman–Crippen LogP) is 1.02. The molecule has 20 heavy (non-hydrogen) atoms. The third-order valence-electron chi connectivity index (χ3n) is 2.79. The monoisotopic (exact) mass is 295 g/mol. The van der Waals surface area contributed by atoms with Crippen molar-refractivity contribution in [3.8, 4) is 0 Å². The second kappa shape index (κ2) is 6.02. The minimum Gasteiger partial charge on any atom is -0.370 e. The number of nitrogens with one attached hydrogen (secondary N) is 3. The van der Waals surface area contributed by atoms with Crippen LogP contribution in [0.25, 0.3) is 0 Å². The molecule has 2 aromatic rings. The Morgan fingerprint density at radius 3 is 2.65 bits per heavy atom. The summed E-state index contributed by atoms with van der Waals surface area (Å²) in [5.41, 5.74) is 1.65. The first-order valence-corrected chi connectivity index (χ1v) is 7.69. The summed E-state index contributed by atoms with van der Waals surface area (Å²) in [5.74, 6) is 0.650. The molecule has 0 aromatic carbocycles. The molecule has 0 saturated heterocycles. The van der Waals surface area contributed by atoms with Gasteiger partial charge in [0.25, 0.3) is 0 Å². The Balaban J connectivity index is 2.08. The van der Waals surface area contributed by atoms with E-state index in [-0.39, 0.29) is 11.4 Å². The number of hydrogen-bond donors (Lipinski definition) is 3. The van der Waals surface area contributed by atoms with Gasteiger partial charge in [-0.25, -0.2) is 18.1 Å². The average Bonchev–Trinajstić information content (AvgIpc) is 2.83. The van der Waals surface area contributed by atoms with Gasteiger partial charge in [-0.3, -0.25) is 5.10 Å². The first-order valence-electron chi connectivity index (χ1n) is 6.21. The molecule has 108 valence electrons. The summed E-state index contributed by atoms with van der Waals surface area (Å²) < 4.78 is 26.7. The van der Waals surface area contributed by atoms with Gasteiger partial charge in [-0.1, -0.05) is 0 Å². The van der Waals surface area contributed by atoms with E-state index in [1.165, 1.54) is 12.3 Å². The van der Waals surface area contributed by atoms with E-state index in [1.807, 2.05) is 13.8 Å². The number of rotatable bonds is 6. The van der Waals surface area contributed by atoms with Gasteiger partial charge >= 0.3 is 0 Å². The Bertz CT molecular complexity index is 663. The first-order chi connectivity index (χ1) is 9.53. The molecule has 8 heteroatoms. The molecular formula is C12H17N5O2S. The van der Waals surface area contributed by atoms with Crippen molar-refractivity contribution in [2.24, 2.45) is 0 Å². The van der Waals surface area contributed by atoms with Crippen LogP contribution >= 0.6 is 0 Å². The zero-order valence-electron chi connectivity index (χ0n) is 11.3. The number of aromatic amines is 1. The molecule has 0 fully saturated rings. The van der Waals surface area contributed by atoms with Crippen LogP contribution in [0.2, 0.25) is 0 Å². The van der Waals surface area contributed by atoms with E-state index >= 15 is 0 Å². The van der Waals surface area contributed by atoms with Gasteiger partial charge in [0, 0.05) is 30.5 Å². The maximum Gasteiger partial charge on any atom is 0.242 e. The number of H-pyrrole nitrogens is 1. The van der Waals surface area contributed by atoms with Crippen LogP contribution in [-0.4, -0.2) is 30.1 Å². The number of sulfonamides is 1. The van der Waals surface area contributed by atoms with Crippen molar-refractivity contribution in [1.29, 1.82) is 0 Å². The zero-order valence-corrected chi connectivity index (χ0v) is 12.2. The molecule has 0 bridgehead atoms. The van der Waals surface area contributed by atoms with Gasteiger partial charge in [0.2, 0.25) is 10.0 Å². The number of aryl methyl sites for hydroxylation is 1. The maximum atomic E-state index is 12.1. The van der Waals surface area contributed by atoms with Gasteiger partial charge in [-0.2, -0.15) is 5.10 Å². The highest BCUT2D eigenvalue weighted by Crippen LogP contribution is 2.11. The minimum atomic E-state index is -3.57.